The van der Waals surface area contributed by atoms with Crippen molar-refractivity contribution in [1.29, 1.82) is 0 Å². The number of rotatable bonds is 8. The summed E-state index contributed by atoms with van der Waals surface area (Å²) in [4.78, 5) is 11.8. The van der Waals surface area contributed by atoms with Crippen molar-refractivity contribution in [3.63, 3.8) is 0 Å². The molecule has 1 aliphatic rings. The maximum atomic E-state index is 11.8. The lowest BCUT2D eigenvalue weighted by molar-refractivity contribution is -0.119. The number of hydrogen-bond acceptors (Lipinski definition) is 3. The first-order valence-electron chi connectivity index (χ1n) is 7.54. The van der Waals surface area contributed by atoms with Crippen LogP contribution in [0.5, 0.6) is 5.75 Å². The van der Waals surface area contributed by atoms with Gasteiger partial charge >= 0.3 is 0 Å². The second kappa shape index (κ2) is 8.05. The van der Waals surface area contributed by atoms with Gasteiger partial charge in [0.2, 0.25) is 0 Å². The number of ether oxygens (including phenoxy) is 2. The fourth-order valence-corrected chi connectivity index (χ4v) is 2.60. The minimum Gasteiger partial charge on any atom is -0.497 e. The van der Waals surface area contributed by atoms with Crippen LogP contribution in [0.3, 0.4) is 0 Å². The molecular formula is C17H24O3. The molecule has 0 aromatic heterocycles. The maximum absolute atomic E-state index is 11.8. The highest BCUT2D eigenvalue weighted by atomic mass is 16.5. The molecule has 20 heavy (non-hydrogen) atoms. The number of ketones is 1. The highest BCUT2D eigenvalue weighted by Crippen LogP contribution is 2.18. The zero-order chi connectivity index (χ0) is 14.2. The Kier molecular flexibility index (Phi) is 6.06. The van der Waals surface area contributed by atoms with Gasteiger partial charge in [0, 0.05) is 19.4 Å². The molecule has 1 fully saturated rings. The van der Waals surface area contributed by atoms with Crippen molar-refractivity contribution in [2.24, 2.45) is 0 Å². The van der Waals surface area contributed by atoms with Crippen LogP contribution in [0.2, 0.25) is 0 Å². The molecule has 1 aliphatic heterocycles. The molecular weight excluding hydrogens is 252 g/mol. The molecule has 0 bridgehead atoms. The molecule has 1 aromatic carbocycles. The number of aryl methyl sites for hydroxylation is 1. The smallest absolute Gasteiger partial charge is 0.133 e. The molecule has 1 unspecified atom stereocenters. The van der Waals surface area contributed by atoms with Crippen molar-refractivity contribution in [3.8, 4) is 5.75 Å². The third kappa shape index (κ3) is 4.97. The summed E-state index contributed by atoms with van der Waals surface area (Å²) in [6, 6.07) is 7.94. The van der Waals surface area contributed by atoms with E-state index in [1.54, 1.807) is 7.11 Å². The molecule has 0 amide bonds. The monoisotopic (exact) mass is 276 g/mol. The maximum Gasteiger partial charge on any atom is 0.133 e. The van der Waals surface area contributed by atoms with E-state index in [2.05, 4.69) is 0 Å². The standard InChI is InChI=1S/C17H24O3/c1-19-16-11-8-14(9-12-16)7-10-15(18)4-2-5-17-6-3-13-20-17/h8-9,11-12,17H,2-7,10,13H2,1H3. The van der Waals surface area contributed by atoms with Crippen LogP contribution in [0.15, 0.2) is 24.3 Å². The van der Waals surface area contributed by atoms with E-state index in [4.69, 9.17) is 9.47 Å². The number of methoxy groups -OCH3 is 1. The first kappa shape index (κ1) is 15.0. The minimum absolute atomic E-state index is 0.360. The first-order chi connectivity index (χ1) is 9.78. The Hall–Kier alpha value is -1.35. The van der Waals surface area contributed by atoms with Crippen molar-refractivity contribution in [2.45, 2.75) is 51.0 Å². The summed E-state index contributed by atoms with van der Waals surface area (Å²) >= 11 is 0. The summed E-state index contributed by atoms with van der Waals surface area (Å²) in [7, 11) is 1.66. The lowest BCUT2D eigenvalue weighted by atomic mass is 10.0. The third-order valence-electron chi connectivity index (χ3n) is 3.86. The number of carbonyl (C=O) groups is 1. The molecule has 0 spiro atoms. The molecule has 2 rings (SSSR count). The van der Waals surface area contributed by atoms with E-state index < -0.39 is 0 Å². The van der Waals surface area contributed by atoms with Gasteiger partial charge in [-0.2, -0.15) is 0 Å². The van der Waals surface area contributed by atoms with Crippen LogP contribution in [0.4, 0.5) is 0 Å². The Bertz CT molecular complexity index is 405. The molecule has 110 valence electrons. The van der Waals surface area contributed by atoms with Crippen LogP contribution in [-0.4, -0.2) is 25.6 Å². The Morgan fingerprint density at radius 2 is 2.10 bits per heavy atom. The SMILES string of the molecule is COc1ccc(CCC(=O)CCCC2CCCO2)cc1. The zero-order valence-electron chi connectivity index (χ0n) is 12.3. The third-order valence-corrected chi connectivity index (χ3v) is 3.86. The van der Waals surface area contributed by atoms with Gasteiger partial charge in [-0.1, -0.05) is 12.1 Å². The summed E-state index contributed by atoms with van der Waals surface area (Å²) in [5.74, 6) is 1.22. The Balaban J connectivity index is 1.61. The van der Waals surface area contributed by atoms with Gasteiger partial charge in [0.25, 0.3) is 0 Å². The fourth-order valence-electron chi connectivity index (χ4n) is 2.60. The van der Waals surface area contributed by atoms with Crippen LogP contribution >= 0.6 is 0 Å². The van der Waals surface area contributed by atoms with E-state index in [1.807, 2.05) is 24.3 Å². The highest BCUT2D eigenvalue weighted by molar-refractivity contribution is 5.78. The van der Waals surface area contributed by atoms with Crippen molar-refractivity contribution in [3.05, 3.63) is 29.8 Å². The van der Waals surface area contributed by atoms with Gasteiger partial charge in [0.15, 0.2) is 0 Å². The molecule has 0 N–H and O–H groups in total. The summed E-state index contributed by atoms with van der Waals surface area (Å²) in [6.07, 6.45) is 6.90. The van der Waals surface area contributed by atoms with Gasteiger partial charge in [-0.25, -0.2) is 0 Å². The van der Waals surface area contributed by atoms with Crippen molar-refractivity contribution < 1.29 is 14.3 Å². The number of benzene rings is 1. The van der Waals surface area contributed by atoms with Gasteiger partial charge in [0.1, 0.15) is 11.5 Å². The molecule has 1 atom stereocenters. The zero-order valence-corrected chi connectivity index (χ0v) is 12.3. The van der Waals surface area contributed by atoms with Crippen LogP contribution < -0.4 is 4.74 Å². The predicted octanol–water partition coefficient (Wildman–Crippen LogP) is 3.55. The molecule has 1 aromatic rings. The van der Waals surface area contributed by atoms with Gasteiger partial charge in [-0.3, -0.25) is 4.79 Å². The highest BCUT2D eigenvalue weighted by Gasteiger charge is 2.15. The van der Waals surface area contributed by atoms with E-state index in [0.29, 0.717) is 24.7 Å². The van der Waals surface area contributed by atoms with E-state index in [0.717, 1.165) is 31.6 Å². The second-order valence-corrected chi connectivity index (χ2v) is 5.41. The largest absolute Gasteiger partial charge is 0.497 e. The predicted molar refractivity (Wildman–Crippen MR) is 79.1 cm³/mol. The van der Waals surface area contributed by atoms with Gasteiger partial charge < -0.3 is 9.47 Å². The summed E-state index contributed by atoms with van der Waals surface area (Å²) in [5, 5.41) is 0. The van der Waals surface area contributed by atoms with Crippen LogP contribution in [0, 0.1) is 0 Å². The van der Waals surface area contributed by atoms with Crippen LogP contribution in [0.25, 0.3) is 0 Å². The Morgan fingerprint density at radius 1 is 1.30 bits per heavy atom. The van der Waals surface area contributed by atoms with Gasteiger partial charge in [0.05, 0.1) is 13.2 Å². The van der Waals surface area contributed by atoms with Gasteiger partial charge in [-0.15, -0.1) is 0 Å². The number of carbonyl (C=O) groups excluding carboxylic acids is 1. The average Bonchev–Trinajstić information content (AvgIpc) is 2.99. The van der Waals surface area contributed by atoms with E-state index in [1.165, 1.54) is 18.4 Å². The van der Waals surface area contributed by atoms with Crippen LogP contribution in [0.1, 0.15) is 44.1 Å². The normalized spacial score (nSPS) is 18.1. The van der Waals surface area contributed by atoms with Crippen molar-refractivity contribution in [2.75, 3.05) is 13.7 Å². The van der Waals surface area contributed by atoms with E-state index in [9.17, 15) is 4.79 Å². The van der Waals surface area contributed by atoms with E-state index >= 15 is 0 Å². The lowest BCUT2D eigenvalue weighted by Gasteiger charge is -2.08. The average molecular weight is 276 g/mol. The minimum atomic E-state index is 0.360. The summed E-state index contributed by atoms with van der Waals surface area (Å²) < 4.78 is 10.7. The number of hydrogen-bond donors (Lipinski definition) is 0. The molecule has 0 aliphatic carbocycles. The summed E-state index contributed by atoms with van der Waals surface area (Å²) in [6.45, 7) is 0.899. The Morgan fingerprint density at radius 3 is 2.75 bits per heavy atom. The van der Waals surface area contributed by atoms with Crippen molar-refractivity contribution >= 4 is 5.78 Å². The topological polar surface area (TPSA) is 35.5 Å². The van der Waals surface area contributed by atoms with Crippen molar-refractivity contribution in [1.82, 2.24) is 0 Å². The first-order valence-corrected chi connectivity index (χ1v) is 7.54. The van der Waals surface area contributed by atoms with Gasteiger partial charge in [-0.05, 0) is 49.8 Å². The quantitative estimate of drug-likeness (QED) is 0.728. The molecule has 3 nitrogen and oxygen atoms in total. The number of Topliss-reactive ketones (excluding diaryl/α,β-unsaturated/α-hetero) is 1. The molecule has 1 saturated heterocycles. The van der Waals surface area contributed by atoms with Crippen LogP contribution in [-0.2, 0) is 16.0 Å². The second-order valence-electron chi connectivity index (χ2n) is 5.41. The molecule has 1 heterocycles. The fraction of sp³-hybridized carbons (Fsp3) is 0.588. The summed E-state index contributed by atoms with van der Waals surface area (Å²) in [5.41, 5.74) is 1.19. The molecule has 0 radical (unpaired) electrons. The lowest BCUT2D eigenvalue weighted by Crippen LogP contribution is -2.06. The van der Waals surface area contributed by atoms with E-state index in [-0.39, 0.29) is 0 Å². The molecule has 3 heteroatoms. The molecule has 0 saturated carbocycles. The Labute approximate surface area is 121 Å².